The van der Waals surface area contributed by atoms with Crippen LogP contribution in [0.2, 0.25) is 0 Å². The molecule has 1 N–H and O–H groups in total. The van der Waals surface area contributed by atoms with Crippen molar-refractivity contribution in [2.75, 3.05) is 13.1 Å². The second-order valence-electron chi connectivity index (χ2n) is 7.38. The average Bonchev–Trinajstić information content (AvgIpc) is 3.02. The lowest BCUT2D eigenvalue weighted by atomic mass is 9.95. The molecule has 0 bridgehead atoms. The molecule has 2 amide bonds. The van der Waals surface area contributed by atoms with Crippen molar-refractivity contribution >= 4 is 11.8 Å². The highest BCUT2D eigenvalue weighted by Crippen LogP contribution is 2.32. The Morgan fingerprint density at radius 2 is 2.16 bits per heavy atom. The van der Waals surface area contributed by atoms with Gasteiger partial charge in [0.05, 0.1) is 12.0 Å². The summed E-state index contributed by atoms with van der Waals surface area (Å²) >= 11 is 0. The van der Waals surface area contributed by atoms with Gasteiger partial charge in [-0.3, -0.25) is 9.59 Å². The van der Waals surface area contributed by atoms with Crippen molar-refractivity contribution in [3.05, 3.63) is 35.1 Å². The zero-order valence-corrected chi connectivity index (χ0v) is 15.1. The van der Waals surface area contributed by atoms with Gasteiger partial charge in [-0.15, -0.1) is 0 Å². The van der Waals surface area contributed by atoms with Crippen LogP contribution < -0.4 is 5.32 Å². The standard InChI is InChI=1S/C20H27FN2O2/c1-3-13(2)20(25)23-10-4-5-15(12-23)19(24)22-18-9-6-14-11-16(21)7-8-17(14)18/h7-8,11,13,15,18H,3-6,9-10,12H2,1-2H3,(H,22,24)/t13-,15-,18+/m0/s1. The summed E-state index contributed by atoms with van der Waals surface area (Å²) in [7, 11) is 0. The van der Waals surface area contributed by atoms with Crippen LogP contribution in [0.4, 0.5) is 4.39 Å². The molecule has 1 aromatic carbocycles. The summed E-state index contributed by atoms with van der Waals surface area (Å²) in [5, 5.41) is 3.13. The van der Waals surface area contributed by atoms with E-state index in [9.17, 15) is 14.0 Å². The van der Waals surface area contributed by atoms with Crippen molar-refractivity contribution in [3.8, 4) is 0 Å². The normalized spacial score (nSPS) is 23.9. The third-order valence-electron chi connectivity index (χ3n) is 5.64. The van der Waals surface area contributed by atoms with Gasteiger partial charge in [0.1, 0.15) is 5.82 Å². The monoisotopic (exact) mass is 346 g/mol. The number of rotatable bonds is 4. The Bertz CT molecular complexity index is 661. The number of halogens is 1. The maximum absolute atomic E-state index is 13.3. The Hall–Kier alpha value is -1.91. The summed E-state index contributed by atoms with van der Waals surface area (Å²) in [5.41, 5.74) is 2.01. The molecule has 0 unspecified atom stereocenters. The van der Waals surface area contributed by atoms with Crippen molar-refractivity contribution in [1.82, 2.24) is 10.2 Å². The number of aryl methyl sites for hydroxylation is 1. The Balaban J connectivity index is 1.61. The minimum Gasteiger partial charge on any atom is -0.349 e. The number of amides is 2. The second kappa shape index (κ2) is 7.54. The SMILES string of the molecule is CC[C@H](C)C(=O)N1CCC[C@H](C(=O)N[C@@H]2CCc3cc(F)ccc32)C1. The summed E-state index contributed by atoms with van der Waals surface area (Å²) in [6.45, 7) is 5.22. The quantitative estimate of drug-likeness (QED) is 0.910. The van der Waals surface area contributed by atoms with E-state index in [1.165, 1.54) is 6.07 Å². The van der Waals surface area contributed by atoms with Crippen LogP contribution in [0.1, 0.15) is 56.7 Å². The van der Waals surface area contributed by atoms with Crippen LogP contribution in [0.3, 0.4) is 0 Å². The number of benzene rings is 1. The lowest BCUT2D eigenvalue weighted by Gasteiger charge is -2.34. The van der Waals surface area contributed by atoms with Gasteiger partial charge < -0.3 is 10.2 Å². The number of carbonyl (C=O) groups excluding carboxylic acids is 2. The molecule has 1 heterocycles. The zero-order chi connectivity index (χ0) is 18.0. The van der Waals surface area contributed by atoms with Crippen molar-refractivity contribution in [3.63, 3.8) is 0 Å². The van der Waals surface area contributed by atoms with Gasteiger partial charge in [0.25, 0.3) is 0 Å². The van der Waals surface area contributed by atoms with E-state index in [1.807, 2.05) is 18.7 Å². The maximum atomic E-state index is 13.3. The smallest absolute Gasteiger partial charge is 0.225 e. The summed E-state index contributed by atoms with van der Waals surface area (Å²) in [6.07, 6.45) is 4.11. The van der Waals surface area contributed by atoms with E-state index in [2.05, 4.69) is 5.32 Å². The molecule has 2 aliphatic rings. The lowest BCUT2D eigenvalue weighted by Crippen LogP contribution is -2.47. The molecule has 1 aliphatic carbocycles. The van der Waals surface area contributed by atoms with Crippen LogP contribution in [0, 0.1) is 17.7 Å². The number of hydrogen-bond donors (Lipinski definition) is 1. The third-order valence-corrected chi connectivity index (χ3v) is 5.64. The van der Waals surface area contributed by atoms with Gasteiger partial charge in [0.2, 0.25) is 11.8 Å². The van der Waals surface area contributed by atoms with E-state index < -0.39 is 0 Å². The minimum atomic E-state index is -0.225. The van der Waals surface area contributed by atoms with Crippen LogP contribution in [-0.2, 0) is 16.0 Å². The Labute approximate surface area is 148 Å². The van der Waals surface area contributed by atoms with Gasteiger partial charge >= 0.3 is 0 Å². The first kappa shape index (κ1) is 17.9. The Morgan fingerprint density at radius 3 is 2.92 bits per heavy atom. The van der Waals surface area contributed by atoms with E-state index in [-0.39, 0.29) is 35.5 Å². The molecule has 1 fully saturated rings. The largest absolute Gasteiger partial charge is 0.349 e. The molecule has 1 aromatic rings. The number of fused-ring (bicyclic) bond motifs is 1. The second-order valence-corrected chi connectivity index (χ2v) is 7.38. The maximum Gasteiger partial charge on any atom is 0.225 e. The van der Waals surface area contributed by atoms with E-state index in [1.54, 1.807) is 12.1 Å². The summed E-state index contributed by atoms with van der Waals surface area (Å²) in [6, 6.07) is 4.76. The molecule has 4 nitrogen and oxygen atoms in total. The molecule has 136 valence electrons. The van der Waals surface area contributed by atoms with E-state index in [4.69, 9.17) is 0 Å². The first-order chi connectivity index (χ1) is 12.0. The predicted octanol–water partition coefficient (Wildman–Crippen LogP) is 3.21. The van der Waals surface area contributed by atoms with E-state index >= 15 is 0 Å². The molecular formula is C20H27FN2O2. The van der Waals surface area contributed by atoms with Crippen LogP contribution in [0.15, 0.2) is 18.2 Å². The fourth-order valence-electron chi connectivity index (χ4n) is 3.90. The summed E-state index contributed by atoms with van der Waals surface area (Å²) in [5.74, 6) is -0.188. The van der Waals surface area contributed by atoms with Crippen LogP contribution in [0.25, 0.3) is 0 Å². The van der Waals surface area contributed by atoms with E-state index in [0.717, 1.165) is 49.8 Å². The molecule has 25 heavy (non-hydrogen) atoms. The van der Waals surface area contributed by atoms with Gasteiger partial charge in [-0.25, -0.2) is 4.39 Å². The van der Waals surface area contributed by atoms with Crippen molar-refractivity contribution < 1.29 is 14.0 Å². The van der Waals surface area contributed by atoms with Gasteiger partial charge in [-0.1, -0.05) is 19.9 Å². The molecule has 0 spiro atoms. The van der Waals surface area contributed by atoms with Crippen molar-refractivity contribution in [2.45, 2.75) is 52.0 Å². The van der Waals surface area contributed by atoms with Gasteiger partial charge in [-0.05, 0) is 55.4 Å². The average molecular weight is 346 g/mol. The van der Waals surface area contributed by atoms with Crippen molar-refractivity contribution in [1.29, 1.82) is 0 Å². The molecule has 3 atom stereocenters. The van der Waals surface area contributed by atoms with Crippen molar-refractivity contribution in [2.24, 2.45) is 11.8 Å². The Kier molecular flexibility index (Phi) is 5.40. The summed E-state index contributed by atoms with van der Waals surface area (Å²) in [4.78, 5) is 27.0. The number of nitrogens with one attached hydrogen (secondary N) is 1. The number of likely N-dealkylation sites (tertiary alicyclic amines) is 1. The van der Waals surface area contributed by atoms with Gasteiger partial charge in [-0.2, -0.15) is 0 Å². The molecule has 0 radical (unpaired) electrons. The first-order valence-corrected chi connectivity index (χ1v) is 9.37. The predicted molar refractivity (Wildman–Crippen MR) is 94.4 cm³/mol. The molecule has 1 aliphatic heterocycles. The molecule has 0 aromatic heterocycles. The number of hydrogen-bond acceptors (Lipinski definition) is 2. The summed E-state index contributed by atoms with van der Waals surface area (Å²) < 4.78 is 13.3. The number of carbonyl (C=O) groups is 2. The number of piperidine rings is 1. The Morgan fingerprint density at radius 1 is 1.36 bits per heavy atom. The fourth-order valence-corrected chi connectivity index (χ4v) is 3.90. The van der Waals surface area contributed by atoms with Gasteiger partial charge in [0, 0.05) is 19.0 Å². The fraction of sp³-hybridized carbons (Fsp3) is 0.600. The highest BCUT2D eigenvalue weighted by atomic mass is 19.1. The number of nitrogens with zero attached hydrogens (tertiary/aromatic N) is 1. The molecule has 0 saturated carbocycles. The zero-order valence-electron chi connectivity index (χ0n) is 15.1. The molecule has 3 rings (SSSR count). The van der Waals surface area contributed by atoms with Crippen LogP contribution >= 0.6 is 0 Å². The lowest BCUT2D eigenvalue weighted by molar-refractivity contribution is -0.139. The molecular weight excluding hydrogens is 319 g/mol. The topological polar surface area (TPSA) is 49.4 Å². The molecule has 1 saturated heterocycles. The van der Waals surface area contributed by atoms with Gasteiger partial charge in [0.15, 0.2) is 0 Å². The highest BCUT2D eigenvalue weighted by molar-refractivity contribution is 5.82. The van der Waals surface area contributed by atoms with E-state index in [0.29, 0.717) is 6.54 Å². The van der Waals surface area contributed by atoms with Crippen LogP contribution in [-0.4, -0.2) is 29.8 Å². The first-order valence-electron chi connectivity index (χ1n) is 9.37. The third kappa shape index (κ3) is 3.86. The molecule has 5 heteroatoms. The highest BCUT2D eigenvalue weighted by Gasteiger charge is 2.32. The minimum absolute atomic E-state index is 0.0124. The van der Waals surface area contributed by atoms with Crippen LogP contribution in [0.5, 0.6) is 0 Å².